The summed E-state index contributed by atoms with van der Waals surface area (Å²) < 4.78 is 1.16. The van der Waals surface area contributed by atoms with Crippen molar-refractivity contribution in [2.75, 3.05) is 0 Å². The van der Waals surface area contributed by atoms with Gasteiger partial charge in [-0.05, 0) is 105 Å². The van der Waals surface area contributed by atoms with Gasteiger partial charge in [0.1, 0.15) is 0 Å². The first-order valence-electron chi connectivity index (χ1n) is 14.1. The Bertz CT molecular complexity index is 2040. The molecule has 0 saturated heterocycles. The zero-order chi connectivity index (χ0) is 27.0. The van der Waals surface area contributed by atoms with Crippen LogP contribution in [0.3, 0.4) is 0 Å². The van der Waals surface area contributed by atoms with Crippen molar-refractivity contribution in [2.45, 2.75) is 25.2 Å². The third kappa shape index (κ3) is 3.31. The van der Waals surface area contributed by atoms with Gasteiger partial charge in [-0.2, -0.15) is 0 Å². The summed E-state index contributed by atoms with van der Waals surface area (Å²) in [6.07, 6.45) is 9.31. The quantitative estimate of drug-likeness (QED) is 0.180. The molecule has 0 N–H and O–H groups in total. The summed E-state index contributed by atoms with van der Waals surface area (Å²) in [6, 6.07) is 38.2. The van der Waals surface area contributed by atoms with Crippen molar-refractivity contribution in [3.05, 3.63) is 143 Å². The number of allylic oxidation sites excluding steroid dienone is 4. The average Bonchev–Trinajstić information content (AvgIpc) is 3.24. The van der Waals surface area contributed by atoms with Crippen LogP contribution in [0, 0.1) is 5.92 Å². The highest BCUT2D eigenvalue weighted by atomic mass is 79.9. The maximum absolute atomic E-state index is 4.01. The van der Waals surface area contributed by atoms with Crippen LogP contribution in [0.25, 0.3) is 54.6 Å². The lowest BCUT2D eigenvalue weighted by Gasteiger charge is -2.29. The molecule has 0 bridgehead atoms. The zero-order valence-electron chi connectivity index (χ0n) is 22.7. The molecule has 0 spiro atoms. The lowest BCUT2D eigenvalue weighted by Crippen LogP contribution is -2.24. The smallest absolute Gasteiger partial charge is 0.0332 e. The van der Waals surface area contributed by atoms with Crippen LogP contribution in [0.5, 0.6) is 0 Å². The van der Waals surface area contributed by atoms with Gasteiger partial charge in [0, 0.05) is 10.4 Å². The molecular weight excluding hydrogens is 548 g/mol. The fourth-order valence-corrected chi connectivity index (χ4v) is 8.17. The van der Waals surface area contributed by atoms with Crippen LogP contribution in [0.1, 0.15) is 30.9 Å². The van der Waals surface area contributed by atoms with Gasteiger partial charge in [0.2, 0.25) is 0 Å². The monoisotopic (exact) mass is 576 g/mol. The van der Waals surface area contributed by atoms with E-state index in [2.05, 4.69) is 157 Å². The van der Waals surface area contributed by atoms with Crippen LogP contribution >= 0.6 is 15.9 Å². The molecule has 6 aromatic rings. The van der Waals surface area contributed by atoms with Gasteiger partial charge in [-0.3, -0.25) is 0 Å². The zero-order valence-corrected chi connectivity index (χ0v) is 24.2. The van der Waals surface area contributed by atoms with Crippen molar-refractivity contribution < 1.29 is 0 Å². The topological polar surface area (TPSA) is 0 Å². The predicted molar refractivity (Wildman–Crippen MR) is 175 cm³/mol. The average molecular weight is 578 g/mol. The highest BCUT2D eigenvalue weighted by Gasteiger charge is 2.45. The highest BCUT2D eigenvalue weighted by molar-refractivity contribution is 9.10. The molecule has 40 heavy (non-hydrogen) atoms. The largest absolute Gasteiger partial charge is 0.0796 e. The van der Waals surface area contributed by atoms with Crippen LogP contribution in [-0.2, 0) is 5.41 Å². The Morgan fingerprint density at radius 2 is 1.23 bits per heavy atom. The fraction of sp³-hybridized carbons (Fsp3) is 0.128. The number of benzene rings is 6. The first kappa shape index (κ1) is 23.9. The van der Waals surface area contributed by atoms with Crippen LogP contribution < -0.4 is 0 Å². The van der Waals surface area contributed by atoms with Gasteiger partial charge in [0.05, 0.1) is 0 Å². The second kappa shape index (κ2) is 8.78. The third-order valence-electron chi connectivity index (χ3n) is 9.42. The predicted octanol–water partition coefficient (Wildman–Crippen LogP) is 11.4. The molecule has 2 unspecified atom stereocenters. The SMILES string of the molecule is CC1(C)c2cc(-c3c4ccccc4c(Br)c4ccc(-c5ccccc5)cc34)c3ccccc3c2C2C=CC=CC21. The first-order chi connectivity index (χ1) is 19.5. The van der Waals surface area contributed by atoms with Gasteiger partial charge in [0.25, 0.3) is 0 Å². The maximum atomic E-state index is 4.01. The van der Waals surface area contributed by atoms with Crippen molar-refractivity contribution in [1.82, 2.24) is 0 Å². The number of hydrogen-bond donors (Lipinski definition) is 0. The van der Waals surface area contributed by atoms with Crippen LogP contribution in [0.4, 0.5) is 0 Å². The van der Waals surface area contributed by atoms with E-state index in [4.69, 9.17) is 0 Å². The molecule has 0 aromatic heterocycles. The highest BCUT2D eigenvalue weighted by Crippen LogP contribution is 2.57. The van der Waals surface area contributed by atoms with E-state index in [1.165, 1.54) is 65.7 Å². The van der Waals surface area contributed by atoms with Crippen LogP contribution in [0.2, 0.25) is 0 Å². The van der Waals surface area contributed by atoms with Crippen molar-refractivity contribution in [1.29, 1.82) is 0 Å². The Hall–Kier alpha value is -3.94. The van der Waals surface area contributed by atoms with Crippen LogP contribution in [0.15, 0.2) is 132 Å². The Kier molecular flexibility index (Phi) is 5.25. The van der Waals surface area contributed by atoms with Crippen LogP contribution in [-0.4, -0.2) is 0 Å². The van der Waals surface area contributed by atoms with Crippen molar-refractivity contribution in [3.63, 3.8) is 0 Å². The van der Waals surface area contributed by atoms with E-state index in [1.54, 1.807) is 0 Å². The minimum absolute atomic E-state index is 0.0379. The minimum atomic E-state index is 0.0379. The number of halogens is 1. The molecular formula is C39H29Br. The molecule has 0 saturated carbocycles. The Morgan fingerprint density at radius 3 is 2.02 bits per heavy atom. The molecule has 0 amide bonds. The lowest BCUT2D eigenvalue weighted by atomic mass is 9.74. The maximum Gasteiger partial charge on any atom is 0.0332 e. The van der Waals surface area contributed by atoms with Gasteiger partial charge in [-0.25, -0.2) is 0 Å². The van der Waals surface area contributed by atoms with E-state index in [0.29, 0.717) is 11.8 Å². The number of rotatable bonds is 2. The molecule has 0 radical (unpaired) electrons. The minimum Gasteiger partial charge on any atom is -0.0796 e. The lowest BCUT2D eigenvalue weighted by molar-refractivity contribution is 0.394. The van der Waals surface area contributed by atoms with E-state index in [-0.39, 0.29) is 5.41 Å². The molecule has 0 fully saturated rings. The second-order valence-corrected chi connectivity index (χ2v) is 12.6. The second-order valence-electron chi connectivity index (χ2n) is 11.8. The molecule has 2 atom stereocenters. The van der Waals surface area contributed by atoms with Crippen molar-refractivity contribution in [2.24, 2.45) is 5.92 Å². The first-order valence-corrected chi connectivity index (χ1v) is 14.9. The van der Waals surface area contributed by atoms with E-state index in [0.717, 1.165) is 4.47 Å². The Labute approximate surface area is 243 Å². The van der Waals surface area contributed by atoms with Gasteiger partial charge < -0.3 is 0 Å². The molecule has 2 aliphatic rings. The molecule has 0 nitrogen and oxygen atoms in total. The van der Waals surface area contributed by atoms with E-state index in [1.807, 2.05) is 0 Å². The summed E-state index contributed by atoms with van der Waals surface area (Å²) in [4.78, 5) is 0. The Morgan fingerprint density at radius 1 is 0.575 bits per heavy atom. The van der Waals surface area contributed by atoms with Gasteiger partial charge in [-0.1, -0.05) is 129 Å². The summed E-state index contributed by atoms with van der Waals surface area (Å²) in [7, 11) is 0. The summed E-state index contributed by atoms with van der Waals surface area (Å²) in [5.41, 5.74) is 8.15. The van der Waals surface area contributed by atoms with Gasteiger partial charge >= 0.3 is 0 Å². The van der Waals surface area contributed by atoms with E-state index < -0.39 is 0 Å². The molecule has 0 aliphatic heterocycles. The summed E-state index contributed by atoms with van der Waals surface area (Å²) >= 11 is 4.01. The third-order valence-corrected chi connectivity index (χ3v) is 10.3. The summed E-state index contributed by atoms with van der Waals surface area (Å²) in [5.74, 6) is 0.881. The molecule has 8 rings (SSSR count). The fourth-order valence-electron chi connectivity index (χ4n) is 7.47. The molecule has 1 heteroatoms. The molecule has 2 aliphatic carbocycles. The summed E-state index contributed by atoms with van der Waals surface area (Å²) in [5, 5.41) is 7.78. The standard InChI is InChI=1S/C39H29Br/c1-39(2)34-19-11-10-18-31(34)37-27-15-7-6-14-26(27)33(23-35(37)39)36-28-16-8-9-17-29(28)38(40)30-21-20-25(22-32(30)36)24-12-4-3-5-13-24/h3-23,31,34H,1-2H3. The van der Waals surface area contributed by atoms with Crippen molar-refractivity contribution >= 4 is 48.2 Å². The van der Waals surface area contributed by atoms with E-state index in [9.17, 15) is 0 Å². The van der Waals surface area contributed by atoms with Gasteiger partial charge in [0.15, 0.2) is 0 Å². The number of hydrogen-bond acceptors (Lipinski definition) is 0. The normalized spacial score (nSPS) is 18.9. The Balaban J connectivity index is 1.54. The summed E-state index contributed by atoms with van der Waals surface area (Å²) in [6.45, 7) is 4.87. The van der Waals surface area contributed by atoms with E-state index >= 15 is 0 Å². The molecule has 0 heterocycles. The van der Waals surface area contributed by atoms with Crippen molar-refractivity contribution in [3.8, 4) is 22.3 Å². The molecule has 192 valence electrons. The molecule has 6 aromatic carbocycles. The number of fused-ring (bicyclic) bond motifs is 7. The van der Waals surface area contributed by atoms with Gasteiger partial charge in [-0.15, -0.1) is 0 Å².